The summed E-state index contributed by atoms with van der Waals surface area (Å²) in [5.41, 5.74) is 5.10. The van der Waals surface area contributed by atoms with E-state index in [4.69, 9.17) is 16.4 Å². The van der Waals surface area contributed by atoms with Crippen molar-refractivity contribution in [3.05, 3.63) is 71.4 Å². The highest BCUT2D eigenvalue weighted by molar-refractivity contribution is 6.30. The zero-order valence-corrected chi connectivity index (χ0v) is 19.8. The van der Waals surface area contributed by atoms with Crippen LogP contribution in [0.2, 0.25) is 5.02 Å². The third-order valence-electron chi connectivity index (χ3n) is 6.14. The number of carbonyl (C=O) groups is 1. The van der Waals surface area contributed by atoms with E-state index < -0.39 is 0 Å². The number of hydrogen-bond acceptors (Lipinski definition) is 5. The Morgan fingerprint density at radius 1 is 1.19 bits per heavy atom. The van der Waals surface area contributed by atoms with Crippen molar-refractivity contribution >= 4 is 17.5 Å². The molecule has 2 aliphatic heterocycles. The van der Waals surface area contributed by atoms with Crippen molar-refractivity contribution in [2.24, 2.45) is 5.92 Å². The Morgan fingerprint density at radius 2 is 1.94 bits per heavy atom. The minimum absolute atomic E-state index is 0.142. The first-order chi connectivity index (χ1) is 15.6. The van der Waals surface area contributed by atoms with Gasteiger partial charge in [0.05, 0.1) is 7.11 Å². The van der Waals surface area contributed by atoms with Gasteiger partial charge in [-0.05, 0) is 55.3 Å². The molecular formula is C25H35ClN4O2. The van der Waals surface area contributed by atoms with E-state index in [0.717, 1.165) is 75.8 Å². The number of rotatable bonds is 9. The van der Waals surface area contributed by atoms with Gasteiger partial charge in [0.25, 0.3) is 0 Å². The third-order valence-corrected chi connectivity index (χ3v) is 6.37. The van der Waals surface area contributed by atoms with Crippen molar-refractivity contribution in [1.29, 1.82) is 0 Å². The van der Waals surface area contributed by atoms with Gasteiger partial charge in [0, 0.05) is 56.4 Å². The Hall–Kier alpha value is -2.12. The van der Waals surface area contributed by atoms with Crippen molar-refractivity contribution < 1.29 is 9.63 Å². The molecule has 7 heteroatoms. The molecule has 1 N–H and O–H groups in total. The molecule has 0 saturated carbocycles. The Balaban J connectivity index is 1.41. The number of piperidine rings is 1. The molecule has 0 bridgehead atoms. The maximum absolute atomic E-state index is 13.1. The summed E-state index contributed by atoms with van der Waals surface area (Å²) in [7, 11) is 1.59. The molecule has 1 aromatic carbocycles. The van der Waals surface area contributed by atoms with Gasteiger partial charge < -0.3 is 4.90 Å². The quantitative estimate of drug-likeness (QED) is 0.453. The molecule has 6 nitrogen and oxygen atoms in total. The summed E-state index contributed by atoms with van der Waals surface area (Å²) in [6, 6.07) is 8.02. The molecule has 2 aliphatic rings. The number of piperazine rings is 1. The molecule has 0 atom stereocenters. The number of allylic oxidation sites excluding steroid dienone is 2. The summed E-state index contributed by atoms with van der Waals surface area (Å²) >= 11 is 6.10. The van der Waals surface area contributed by atoms with Crippen LogP contribution in [0.5, 0.6) is 0 Å². The average Bonchev–Trinajstić information content (AvgIpc) is 2.80. The molecule has 0 spiro atoms. The molecule has 1 amide bonds. The molecule has 174 valence electrons. The molecule has 0 aliphatic carbocycles. The zero-order chi connectivity index (χ0) is 22.8. The van der Waals surface area contributed by atoms with E-state index in [1.807, 2.05) is 30.4 Å². The van der Waals surface area contributed by atoms with Crippen LogP contribution in [0.3, 0.4) is 0 Å². The Morgan fingerprint density at radius 3 is 2.59 bits per heavy atom. The van der Waals surface area contributed by atoms with Crippen molar-refractivity contribution in [3.63, 3.8) is 0 Å². The van der Waals surface area contributed by atoms with Crippen LogP contribution in [0, 0.1) is 5.92 Å². The van der Waals surface area contributed by atoms with Gasteiger partial charge in [0.2, 0.25) is 5.91 Å². The van der Waals surface area contributed by atoms with Crippen LogP contribution in [0.15, 0.2) is 60.8 Å². The molecule has 2 saturated heterocycles. The molecule has 0 unspecified atom stereocenters. The maximum Gasteiger partial charge on any atom is 0.225 e. The topological polar surface area (TPSA) is 48.1 Å². The minimum Gasteiger partial charge on any atom is -0.340 e. The first kappa shape index (κ1) is 24.5. The van der Waals surface area contributed by atoms with Crippen LogP contribution in [0.4, 0.5) is 0 Å². The highest BCUT2D eigenvalue weighted by Crippen LogP contribution is 2.22. The van der Waals surface area contributed by atoms with Crippen LogP contribution < -0.4 is 5.48 Å². The van der Waals surface area contributed by atoms with Gasteiger partial charge in [0.1, 0.15) is 0 Å². The van der Waals surface area contributed by atoms with Crippen molar-refractivity contribution in [2.45, 2.75) is 19.4 Å². The van der Waals surface area contributed by atoms with Crippen molar-refractivity contribution in [1.82, 2.24) is 20.2 Å². The maximum atomic E-state index is 13.1. The number of hydroxylamine groups is 1. The lowest BCUT2D eigenvalue weighted by Crippen LogP contribution is -2.51. The lowest BCUT2D eigenvalue weighted by atomic mass is 9.94. The predicted molar refractivity (Wildman–Crippen MR) is 130 cm³/mol. The van der Waals surface area contributed by atoms with Crippen LogP contribution in [-0.4, -0.2) is 73.5 Å². The smallest absolute Gasteiger partial charge is 0.225 e. The summed E-state index contributed by atoms with van der Waals surface area (Å²) < 4.78 is 0. The summed E-state index contributed by atoms with van der Waals surface area (Å²) in [6.45, 7) is 10.8. The van der Waals surface area contributed by atoms with Gasteiger partial charge in [-0.2, -0.15) is 0 Å². The number of carbonyl (C=O) groups excluding carboxylic acids is 1. The fraction of sp³-hybridized carbons (Fsp3) is 0.480. The van der Waals surface area contributed by atoms with Gasteiger partial charge in [-0.3, -0.25) is 24.9 Å². The highest BCUT2D eigenvalue weighted by Gasteiger charge is 2.30. The number of nitrogens with one attached hydrogen (secondary N) is 1. The van der Waals surface area contributed by atoms with Crippen LogP contribution in [0.25, 0.3) is 0 Å². The van der Waals surface area contributed by atoms with E-state index in [1.165, 1.54) is 5.56 Å². The van der Waals surface area contributed by atoms with E-state index in [9.17, 15) is 4.79 Å². The molecule has 0 radical (unpaired) electrons. The standard InChI is InChI=1S/C25H35ClN4O2/c1-3-5-21(8-11-27-32-2)19-28-12-9-23(10-13-28)25(31)30-16-14-29(15-17-30)20-22-6-4-7-24(26)18-22/h3-8,11,18,23,27H,1,9-10,12-17,19-20H2,2H3/b11-8-,21-5+. The van der Waals surface area contributed by atoms with E-state index in [-0.39, 0.29) is 5.92 Å². The van der Waals surface area contributed by atoms with Gasteiger partial charge in [0.15, 0.2) is 0 Å². The number of halogens is 1. The lowest BCUT2D eigenvalue weighted by molar-refractivity contribution is -0.138. The molecule has 0 aromatic heterocycles. The third kappa shape index (κ3) is 7.48. The summed E-state index contributed by atoms with van der Waals surface area (Å²) in [6.07, 6.45) is 9.41. The average molecular weight is 459 g/mol. The Bertz CT molecular complexity index is 810. The first-order valence-corrected chi connectivity index (χ1v) is 11.7. The van der Waals surface area contributed by atoms with Crippen molar-refractivity contribution in [3.8, 4) is 0 Å². The second-order valence-electron chi connectivity index (χ2n) is 8.41. The highest BCUT2D eigenvalue weighted by atomic mass is 35.5. The minimum atomic E-state index is 0.142. The first-order valence-electron chi connectivity index (χ1n) is 11.3. The van der Waals surface area contributed by atoms with Crippen LogP contribution in [0.1, 0.15) is 18.4 Å². The summed E-state index contributed by atoms with van der Waals surface area (Å²) in [5, 5.41) is 0.775. The monoisotopic (exact) mass is 458 g/mol. The van der Waals surface area contributed by atoms with Gasteiger partial charge in [-0.25, -0.2) is 0 Å². The molecule has 32 heavy (non-hydrogen) atoms. The molecule has 2 heterocycles. The summed E-state index contributed by atoms with van der Waals surface area (Å²) in [4.78, 5) is 24.8. The lowest BCUT2D eigenvalue weighted by Gasteiger charge is -2.38. The van der Waals surface area contributed by atoms with E-state index >= 15 is 0 Å². The van der Waals surface area contributed by atoms with Gasteiger partial charge in [-0.1, -0.05) is 42.5 Å². The van der Waals surface area contributed by atoms with E-state index in [2.05, 4.69) is 32.8 Å². The van der Waals surface area contributed by atoms with E-state index in [1.54, 1.807) is 19.4 Å². The second kappa shape index (κ2) is 12.8. The largest absolute Gasteiger partial charge is 0.340 e. The number of benzene rings is 1. The SMILES string of the molecule is C=C/C=C(\C=C/NOC)CN1CCC(C(=O)N2CCN(Cc3cccc(Cl)c3)CC2)CC1. The van der Waals surface area contributed by atoms with E-state index in [0.29, 0.717) is 5.91 Å². The number of hydrogen-bond donors (Lipinski definition) is 1. The van der Waals surface area contributed by atoms with Crippen LogP contribution >= 0.6 is 11.6 Å². The number of amides is 1. The fourth-order valence-corrected chi connectivity index (χ4v) is 4.61. The zero-order valence-electron chi connectivity index (χ0n) is 19.0. The molecule has 1 aromatic rings. The Kier molecular flexibility index (Phi) is 9.81. The van der Waals surface area contributed by atoms with Gasteiger partial charge >= 0.3 is 0 Å². The molecular weight excluding hydrogens is 424 g/mol. The summed E-state index contributed by atoms with van der Waals surface area (Å²) in [5.74, 6) is 0.473. The predicted octanol–water partition coefficient (Wildman–Crippen LogP) is 3.47. The Labute approximate surface area is 197 Å². The molecule has 2 fully saturated rings. The van der Waals surface area contributed by atoms with Crippen molar-refractivity contribution in [2.75, 3.05) is 52.9 Å². The molecule has 3 rings (SSSR count). The fourth-order valence-electron chi connectivity index (χ4n) is 4.40. The van der Waals surface area contributed by atoms with Crippen LogP contribution in [-0.2, 0) is 16.2 Å². The normalized spacial score (nSPS) is 19.4. The number of nitrogens with zero attached hydrogens (tertiary/aromatic N) is 3. The second-order valence-corrected chi connectivity index (χ2v) is 8.85. The number of likely N-dealkylation sites (tertiary alicyclic amines) is 1. The van der Waals surface area contributed by atoms with Gasteiger partial charge in [-0.15, -0.1) is 0 Å².